The molecule has 0 aliphatic carbocycles. The molecule has 4 N–H and O–H groups in total. The topological polar surface area (TPSA) is 101 Å². The maximum atomic E-state index is 11.1. The van der Waals surface area contributed by atoms with E-state index in [2.05, 4.69) is 10.6 Å². The predicted molar refractivity (Wildman–Crippen MR) is 50.1 cm³/mol. The van der Waals surface area contributed by atoms with Crippen LogP contribution in [0, 0.1) is 0 Å². The van der Waals surface area contributed by atoms with Crippen molar-refractivity contribution in [2.24, 2.45) is 5.73 Å². The molecule has 0 rings (SSSR count). The quantitative estimate of drug-likeness (QED) is 0.437. The summed E-state index contributed by atoms with van der Waals surface area (Å²) in [6.07, 6.45) is 1.66. The highest BCUT2D eigenvalue weighted by Gasteiger charge is 2.15. The van der Waals surface area contributed by atoms with Crippen LogP contribution in [0.5, 0.6) is 0 Å². The van der Waals surface area contributed by atoms with E-state index in [1.165, 1.54) is 0 Å². The summed E-state index contributed by atoms with van der Waals surface area (Å²) in [5.41, 5.74) is 5.06. The van der Waals surface area contributed by atoms with Gasteiger partial charge in [0.1, 0.15) is 6.04 Å². The van der Waals surface area contributed by atoms with Crippen LogP contribution in [0.1, 0.15) is 19.8 Å². The van der Waals surface area contributed by atoms with Gasteiger partial charge in [-0.1, -0.05) is 13.3 Å². The van der Waals surface area contributed by atoms with Gasteiger partial charge in [0, 0.05) is 0 Å². The summed E-state index contributed by atoms with van der Waals surface area (Å²) in [4.78, 5) is 31.7. The lowest BCUT2D eigenvalue weighted by atomic mass is 10.1. The molecule has 0 spiro atoms. The first kappa shape index (κ1) is 12.4. The molecule has 0 radical (unpaired) electrons. The Bertz CT molecular complexity index is 218. The van der Waals surface area contributed by atoms with Crippen LogP contribution in [0.4, 0.5) is 0 Å². The molecule has 3 amide bonds. The minimum Gasteiger partial charge on any atom is -0.368 e. The van der Waals surface area contributed by atoms with E-state index in [-0.39, 0.29) is 6.54 Å². The van der Waals surface area contributed by atoms with Gasteiger partial charge in [-0.25, -0.2) is 0 Å². The molecule has 0 aromatic rings. The molecule has 0 aromatic carbocycles. The van der Waals surface area contributed by atoms with Gasteiger partial charge in [0.25, 0.3) is 0 Å². The normalized spacial score (nSPS) is 11.5. The van der Waals surface area contributed by atoms with Crippen LogP contribution >= 0.6 is 0 Å². The van der Waals surface area contributed by atoms with E-state index in [0.29, 0.717) is 12.8 Å². The summed E-state index contributed by atoms with van der Waals surface area (Å²) in [6, 6.07) is -0.652. The number of carbonyl (C=O) groups excluding carboxylic acids is 3. The van der Waals surface area contributed by atoms with Gasteiger partial charge in [-0.05, 0) is 6.42 Å². The molecule has 80 valence electrons. The second-order valence-electron chi connectivity index (χ2n) is 2.81. The van der Waals surface area contributed by atoms with Crippen molar-refractivity contribution >= 4 is 18.2 Å². The molecule has 0 aliphatic rings. The second-order valence-corrected chi connectivity index (χ2v) is 2.81. The van der Waals surface area contributed by atoms with Crippen molar-refractivity contribution < 1.29 is 14.4 Å². The number of amides is 3. The second kappa shape index (κ2) is 6.88. The third-order valence-corrected chi connectivity index (χ3v) is 1.60. The van der Waals surface area contributed by atoms with Gasteiger partial charge in [0.05, 0.1) is 6.54 Å². The zero-order chi connectivity index (χ0) is 11.0. The van der Waals surface area contributed by atoms with Gasteiger partial charge >= 0.3 is 0 Å². The Morgan fingerprint density at radius 1 is 1.50 bits per heavy atom. The van der Waals surface area contributed by atoms with Crippen LogP contribution in [0.15, 0.2) is 0 Å². The Labute approximate surface area is 82.2 Å². The summed E-state index contributed by atoms with van der Waals surface area (Å²) in [5.74, 6) is -0.986. The highest BCUT2D eigenvalue weighted by Crippen LogP contribution is 1.94. The van der Waals surface area contributed by atoms with E-state index in [1.807, 2.05) is 6.92 Å². The van der Waals surface area contributed by atoms with Crippen molar-refractivity contribution in [1.29, 1.82) is 0 Å². The molecular weight excluding hydrogens is 186 g/mol. The first-order valence-electron chi connectivity index (χ1n) is 4.37. The number of carbonyl (C=O) groups is 3. The zero-order valence-corrected chi connectivity index (χ0v) is 8.08. The molecule has 0 saturated heterocycles. The molecule has 0 bridgehead atoms. The summed E-state index contributed by atoms with van der Waals surface area (Å²) in [5, 5.41) is 4.61. The molecule has 0 fully saturated rings. The van der Waals surface area contributed by atoms with E-state index in [0.717, 1.165) is 6.42 Å². The van der Waals surface area contributed by atoms with E-state index in [1.54, 1.807) is 0 Å². The van der Waals surface area contributed by atoms with E-state index in [4.69, 9.17) is 5.73 Å². The standard InChI is InChI=1S/C8H15N3O3/c1-2-3-6(8(9)14)11-7(13)4-10-5-12/h5-6H,2-4H2,1H3,(H2,9,14)(H,10,12)(H,11,13). The molecule has 6 nitrogen and oxygen atoms in total. The SMILES string of the molecule is CCCC(NC(=O)CNC=O)C(N)=O. The molecule has 1 unspecified atom stereocenters. The van der Waals surface area contributed by atoms with Gasteiger partial charge in [-0.2, -0.15) is 0 Å². The lowest BCUT2D eigenvalue weighted by Gasteiger charge is -2.13. The fourth-order valence-electron chi connectivity index (χ4n) is 0.954. The highest BCUT2D eigenvalue weighted by molar-refractivity contribution is 5.87. The van der Waals surface area contributed by atoms with Gasteiger partial charge < -0.3 is 16.4 Å². The fourth-order valence-corrected chi connectivity index (χ4v) is 0.954. The van der Waals surface area contributed by atoms with Gasteiger partial charge in [0.2, 0.25) is 18.2 Å². The smallest absolute Gasteiger partial charge is 0.240 e. The van der Waals surface area contributed by atoms with Crippen LogP contribution in [0.2, 0.25) is 0 Å². The van der Waals surface area contributed by atoms with Crippen LogP contribution in [0.3, 0.4) is 0 Å². The van der Waals surface area contributed by atoms with Crippen molar-refractivity contribution in [3.63, 3.8) is 0 Å². The summed E-state index contributed by atoms with van der Waals surface area (Å²) < 4.78 is 0. The molecule has 6 heteroatoms. The number of hydrogen-bond acceptors (Lipinski definition) is 3. The van der Waals surface area contributed by atoms with Crippen LogP contribution in [-0.2, 0) is 14.4 Å². The average molecular weight is 201 g/mol. The van der Waals surface area contributed by atoms with E-state index < -0.39 is 17.9 Å². The summed E-state index contributed by atoms with van der Waals surface area (Å²) >= 11 is 0. The first-order valence-corrected chi connectivity index (χ1v) is 4.37. The monoisotopic (exact) mass is 201 g/mol. The van der Waals surface area contributed by atoms with Crippen molar-refractivity contribution in [3.05, 3.63) is 0 Å². The Kier molecular flexibility index (Phi) is 6.09. The lowest BCUT2D eigenvalue weighted by Crippen LogP contribution is -2.47. The minimum absolute atomic E-state index is 0.142. The number of nitrogens with two attached hydrogens (primary N) is 1. The van der Waals surface area contributed by atoms with Gasteiger partial charge in [-0.3, -0.25) is 14.4 Å². The van der Waals surface area contributed by atoms with Crippen LogP contribution in [-0.4, -0.2) is 30.8 Å². The largest absolute Gasteiger partial charge is 0.368 e. The Morgan fingerprint density at radius 3 is 2.57 bits per heavy atom. The maximum Gasteiger partial charge on any atom is 0.240 e. The molecule has 14 heavy (non-hydrogen) atoms. The van der Waals surface area contributed by atoms with E-state index in [9.17, 15) is 14.4 Å². The minimum atomic E-state index is -0.652. The van der Waals surface area contributed by atoms with Crippen LogP contribution in [0.25, 0.3) is 0 Å². The van der Waals surface area contributed by atoms with Crippen molar-refractivity contribution in [2.75, 3.05) is 6.54 Å². The number of primary amides is 1. The first-order chi connectivity index (χ1) is 6.61. The Balaban J connectivity index is 3.95. The lowest BCUT2D eigenvalue weighted by molar-refractivity contribution is -0.127. The maximum absolute atomic E-state index is 11.1. The Morgan fingerprint density at radius 2 is 2.14 bits per heavy atom. The molecule has 0 aromatic heterocycles. The summed E-state index contributed by atoms with van der Waals surface area (Å²) in [7, 11) is 0. The van der Waals surface area contributed by atoms with Crippen molar-refractivity contribution in [3.8, 4) is 0 Å². The highest BCUT2D eigenvalue weighted by atomic mass is 16.2. The molecule has 1 atom stereocenters. The fraction of sp³-hybridized carbons (Fsp3) is 0.625. The number of rotatable bonds is 7. The average Bonchev–Trinajstić information content (AvgIpc) is 2.14. The number of hydrogen-bond donors (Lipinski definition) is 3. The van der Waals surface area contributed by atoms with Crippen LogP contribution < -0.4 is 16.4 Å². The van der Waals surface area contributed by atoms with Gasteiger partial charge in [0.15, 0.2) is 0 Å². The molecule has 0 saturated carbocycles. The predicted octanol–water partition coefficient (Wildman–Crippen LogP) is -1.50. The third kappa shape index (κ3) is 5.13. The summed E-state index contributed by atoms with van der Waals surface area (Å²) in [6.45, 7) is 1.74. The third-order valence-electron chi connectivity index (χ3n) is 1.60. The zero-order valence-electron chi connectivity index (χ0n) is 8.08. The number of nitrogens with one attached hydrogen (secondary N) is 2. The van der Waals surface area contributed by atoms with E-state index >= 15 is 0 Å². The van der Waals surface area contributed by atoms with Crippen molar-refractivity contribution in [1.82, 2.24) is 10.6 Å². The van der Waals surface area contributed by atoms with Crippen molar-refractivity contribution in [2.45, 2.75) is 25.8 Å². The Hall–Kier alpha value is -1.59. The molecule has 0 heterocycles. The molecule has 0 aliphatic heterocycles. The van der Waals surface area contributed by atoms with Gasteiger partial charge in [-0.15, -0.1) is 0 Å². The molecular formula is C8H15N3O3.